The third kappa shape index (κ3) is 3.48. The monoisotopic (exact) mass is 339 g/mol. The average molecular weight is 339 g/mol. The fraction of sp³-hybridized carbons (Fsp3) is 0.381. The minimum atomic E-state index is -0.343. The van der Waals surface area contributed by atoms with Crippen LogP contribution in [0.5, 0.6) is 11.5 Å². The van der Waals surface area contributed by atoms with Crippen molar-refractivity contribution in [2.24, 2.45) is 0 Å². The molecule has 0 bridgehead atoms. The molecule has 132 valence electrons. The Labute approximate surface area is 149 Å². The lowest BCUT2D eigenvalue weighted by molar-refractivity contribution is -0.119. The zero-order valence-corrected chi connectivity index (χ0v) is 15.3. The minimum absolute atomic E-state index is 0.0699. The van der Waals surface area contributed by atoms with Gasteiger partial charge in [-0.1, -0.05) is 31.2 Å². The molecule has 1 unspecified atom stereocenters. The van der Waals surface area contributed by atoms with Crippen LogP contribution in [0.15, 0.2) is 48.5 Å². The molecule has 1 atom stereocenters. The summed E-state index contributed by atoms with van der Waals surface area (Å²) >= 11 is 0. The lowest BCUT2D eigenvalue weighted by Gasteiger charge is -2.42. The first-order valence-electron chi connectivity index (χ1n) is 8.69. The van der Waals surface area contributed by atoms with Crippen LogP contribution in [-0.2, 0) is 4.79 Å². The second-order valence-corrected chi connectivity index (χ2v) is 6.94. The van der Waals surface area contributed by atoms with Gasteiger partial charge in [0.05, 0.1) is 13.2 Å². The summed E-state index contributed by atoms with van der Waals surface area (Å²) < 4.78 is 11.5. The molecule has 0 saturated carbocycles. The minimum Gasteiger partial charge on any atom is -0.497 e. The molecule has 1 aliphatic heterocycles. The Balaban J connectivity index is 2.11. The van der Waals surface area contributed by atoms with Gasteiger partial charge in [0.15, 0.2) is 0 Å². The smallest absolute Gasteiger partial charge is 0.227 e. The molecule has 0 spiro atoms. The highest BCUT2D eigenvalue weighted by molar-refractivity contribution is 5.94. The Hall–Kier alpha value is -2.49. The standard InChI is InChI=1S/C21H25NO3/c1-5-20(23)22(15-9-8-10-16(13-15)24-4)18-14-21(2,3)25-19-12-7-6-11-17(18)19/h6-13,18H,5,14H2,1-4H3. The largest absolute Gasteiger partial charge is 0.497 e. The second-order valence-electron chi connectivity index (χ2n) is 6.94. The number of hydrogen-bond donors (Lipinski definition) is 0. The van der Waals surface area contributed by atoms with Crippen molar-refractivity contribution in [2.45, 2.75) is 45.3 Å². The van der Waals surface area contributed by atoms with Gasteiger partial charge in [0.2, 0.25) is 5.91 Å². The fourth-order valence-electron chi connectivity index (χ4n) is 3.42. The van der Waals surface area contributed by atoms with E-state index >= 15 is 0 Å². The van der Waals surface area contributed by atoms with Gasteiger partial charge < -0.3 is 14.4 Å². The Morgan fingerprint density at radius 3 is 2.72 bits per heavy atom. The number of benzene rings is 2. The van der Waals surface area contributed by atoms with Gasteiger partial charge in [-0.15, -0.1) is 0 Å². The summed E-state index contributed by atoms with van der Waals surface area (Å²) in [6.45, 7) is 6.03. The van der Waals surface area contributed by atoms with E-state index in [1.807, 2.05) is 60.4 Å². The van der Waals surface area contributed by atoms with Crippen LogP contribution < -0.4 is 14.4 Å². The number of carbonyl (C=O) groups is 1. The first kappa shape index (κ1) is 17.3. The Morgan fingerprint density at radius 1 is 1.24 bits per heavy atom. The average Bonchev–Trinajstić information content (AvgIpc) is 2.61. The van der Waals surface area contributed by atoms with Gasteiger partial charge in [0, 0.05) is 30.2 Å². The van der Waals surface area contributed by atoms with E-state index < -0.39 is 0 Å². The van der Waals surface area contributed by atoms with E-state index in [4.69, 9.17) is 9.47 Å². The van der Waals surface area contributed by atoms with Crippen molar-refractivity contribution in [1.82, 2.24) is 0 Å². The number of para-hydroxylation sites is 1. The van der Waals surface area contributed by atoms with Crippen LogP contribution in [-0.4, -0.2) is 18.6 Å². The van der Waals surface area contributed by atoms with Crippen LogP contribution in [0.2, 0.25) is 0 Å². The summed E-state index contributed by atoms with van der Waals surface area (Å²) in [6, 6.07) is 15.6. The van der Waals surface area contributed by atoms with E-state index in [0.29, 0.717) is 6.42 Å². The number of amides is 1. The second kappa shape index (κ2) is 6.79. The lowest BCUT2D eigenvalue weighted by atomic mass is 9.88. The summed E-state index contributed by atoms with van der Waals surface area (Å²) in [6.07, 6.45) is 1.17. The number of nitrogens with zero attached hydrogens (tertiary/aromatic N) is 1. The molecular weight excluding hydrogens is 314 g/mol. The molecule has 3 rings (SSSR count). The number of rotatable bonds is 4. The summed E-state index contributed by atoms with van der Waals surface area (Å²) in [7, 11) is 1.64. The van der Waals surface area contributed by atoms with Crippen LogP contribution in [0.4, 0.5) is 5.69 Å². The van der Waals surface area contributed by atoms with E-state index in [2.05, 4.69) is 13.8 Å². The third-order valence-electron chi connectivity index (χ3n) is 4.56. The molecule has 2 aromatic rings. The van der Waals surface area contributed by atoms with Crippen LogP contribution in [0, 0.1) is 0 Å². The number of hydrogen-bond acceptors (Lipinski definition) is 3. The molecule has 1 heterocycles. The summed E-state index contributed by atoms with van der Waals surface area (Å²) in [5.74, 6) is 1.68. The van der Waals surface area contributed by atoms with Crippen molar-refractivity contribution in [3.63, 3.8) is 0 Å². The van der Waals surface area contributed by atoms with E-state index in [0.717, 1.165) is 29.2 Å². The molecule has 0 aromatic heterocycles. The molecule has 0 radical (unpaired) electrons. The van der Waals surface area contributed by atoms with Crippen LogP contribution >= 0.6 is 0 Å². The van der Waals surface area contributed by atoms with Crippen LogP contribution in [0.25, 0.3) is 0 Å². The molecule has 4 nitrogen and oxygen atoms in total. The quantitative estimate of drug-likeness (QED) is 0.807. The molecule has 0 N–H and O–H groups in total. The molecule has 0 fully saturated rings. The number of ether oxygens (including phenoxy) is 2. The predicted octanol–water partition coefficient (Wildman–Crippen LogP) is 4.74. The molecule has 25 heavy (non-hydrogen) atoms. The number of fused-ring (bicyclic) bond motifs is 1. The lowest BCUT2D eigenvalue weighted by Crippen LogP contribution is -2.43. The maximum Gasteiger partial charge on any atom is 0.227 e. The Bertz CT molecular complexity index is 769. The molecular formula is C21H25NO3. The molecule has 1 amide bonds. The maximum atomic E-state index is 12.9. The van der Waals surface area contributed by atoms with Crippen molar-refractivity contribution in [1.29, 1.82) is 0 Å². The van der Waals surface area contributed by atoms with Crippen LogP contribution in [0.1, 0.15) is 45.2 Å². The topological polar surface area (TPSA) is 38.8 Å². The van der Waals surface area contributed by atoms with E-state index in [1.54, 1.807) is 7.11 Å². The number of anilines is 1. The van der Waals surface area contributed by atoms with Crippen molar-refractivity contribution in [3.8, 4) is 11.5 Å². The highest BCUT2D eigenvalue weighted by Gasteiger charge is 2.38. The zero-order chi connectivity index (χ0) is 18.0. The number of methoxy groups -OCH3 is 1. The predicted molar refractivity (Wildman–Crippen MR) is 99.3 cm³/mol. The molecule has 0 aliphatic carbocycles. The van der Waals surface area contributed by atoms with Gasteiger partial charge in [-0.25, -0.2) is 0 Å². The summed E-state index contributed by atoms with van der Waals surface area (Å²) in [4.78, 5) is 14.8. The normalized spacial score (nSPS) is 18.0. The Morgan fingerprint density at radius 2 is 2.00 bits per heavy atom. The van der Waals surface area contributed by atoms with Gasteiger partial charge in [-0.05, 0) is 32.0 Å². The van der Waals surface area contributed by atoms with E-state index in [9.17, 15) is 4.79 Å². The Kier molecular flexibility index (Phi) is 4.71. The first-order chi connectivity index (χ1) is 11.9. The molecule has 4 heteroatoms. The van der Waals surface area contributed by atoms with Crippen molar-refractivity contribution < 1.29 is 14.3 Å². The van der Waals surface area contributed by atoms with Crippen LogP contribution in [0.3, 0.4) is 0 Å². The van der Waals surface area contributed by atoms with Gasteiger partial charge in [0.25, 0.3) is 0 Å². The third-order valence-corrected chi connectivity index (χ3v) is 4.56. The number of carbonyl (C=O) groups excluding carboxylic acids is 1. The highest BCUT2D eigenvalue weighted by Crippen LogP contribution is 2.44. The molecule has 2 aromatic carbocycles. The van der Waals surface area contributed by atoms with Gasteiger partial charge in [-0.2, -0.15) is 0 Å². The van der Waals surface area contributed by atoms with E-state index in [-0.39, 0.29) is 17.6 Å². The molecule has 1 aliphatic rings. The first-order valence-corrected chi connectivity index (χ1v) is 8.69. The highest BCUT2D eigenvalue weighted by atomic mass is 16.5. The van der Waals surface area contributed by atoms with Gasteiger partial charge in [-0.3, -0.25) is 4.79 Å². The van der Waals surface area contributed by atoms with Crippen molar-refractivity contribution in [3.05, 3.63) is 54.1 Å². The van der Waals surface area contributed by atoms with Gasteiger partial charge >= 0.3 is 0 Å². The van der Waals surface area contributed by atoms with Crippen molar-refractivity contribution >= 4 is 11.6 Å². The van der Waals surface area contributed by atoms with E-state index in [1.165, 1.54) is 0 Å². The summed E-state index contributed by atoms with van der Waals surface area (Å²) in [5.41, 5.74) is 1.56. The zero-order valence-electron chi connectivity index (χ0n) is 15.3. The maximum absolute atomic E-state index is 12.9. The summed E-state index contributed by atoms with van der Waals surface area (Å²) in [5, 5.41) is 0. The van der Waals surface area contributed by atoms with Gasteiger partial charge in [0.1, 0.15) is 17.1 Å². The van der Waals surface area contributed by atoms with Crippen molar-refractivity contribution in [2.75, 3.05) is 12.0 Å². The molecule has 0 saturated heterocycles. The SMILES string of the molecule is CCC(=O)N(c1cccc(OC)c1)C1CC(C)(C)Oc2ccccc21. The fourth-order valence-corrected chi connectivity index (χ4v) is 3.42.